The van der Waals surface area contributed by atoms with E-state index in [9.17, 15) is 13.9 Å². The second kappa shape index (κ2) is 6.98. The van der Waals surface area contributed by atoms with E-state index in [-0.39, 0.29) is 18.2 Å². The molecule has 0 spiro atoms. The maximum absolute atomic E-state index is 13.6. The average molecular weight is 312 g/mol. The van der Waals surface area contributed by atoms with E-state index in [1.807, 2.05) is 25.1 Å². The Kier molecular flexibility index (Phi) is 5.28. The summed E-state index contributed by atoms with van der Waals surface area (Å²) in [6.07, 6.45) is -1.13. The highest BCUT2D eigenvalue weighted by molar-refractivity contribution is 6.31. The van der Waals surface area contributed by atoms with E-state index in [1.165, 1.54) is 0 Å². The van der Waals surface area contributed by atoms with Crippen molar-refractivity contribution >= 4 is 11.6 Å². The van der Waals surface area contributed by atoms with Gasteiger partial charge in [0.25, 0.3) is 0 Å². The Morgan fingerprint density at radius 1 is 1.14 bits per heavy atom. The molecule has 1 unspecified atom stereocenters. The number of hydrogen-bond donors (Lipinski definition) is 2. The Morgan fingerprint density at radius 2 is 1.86 bits per heavy atom. The molecule has 0 fully saturated rings. The first-order valence-electron chi connectivity index (χ1n) is 6.60. The monoisotopic (exact) mass is 311 g/mol. The van der Waals surface area contributed by atoms with Crippen LogP contribution in [0.15, 0.2) is 42.5 Å². The summed E-state index contributed by atoms with van der Waals surface area (Å²) < 4.78 is 26.7. The van der Waals surface area contributed by atoms with Crippen LogP contribution >= 0.6 is 11.6 Å². The van der Waals surface area contributed by atoms with Crippen LogP contribution in [0.25, 0.3) is 0 Å². The SMILES string of the molecule is C[C@H](NCC(O)c1cc(F)ccc1F)c1ccccc1Cl. The van der Waals surface area contributed by atoms with Gasteiger partial charge in [-0.3, -0.25) is 0 Å². The van der Waals surface area contributed by atoms with E-state index >= 15 is 0 Å². The van der Waals surface area contributed by atoms with Crippen LogP contribution in [0.1, 0.15) is 30.2 Å². The smallest absolute Gasteiger partial charge is 0.129 e. The number of aliphatic hydroxyl groups excluding tert-OH is 1. The molecule has 0 saturated carbocycles. The summed E-state index contributed by atoms with van der Waals surface area (Å²) in [5.41, 5.74) is 0.819. The van der Waals surface area contributed by atoms with Crippen LogP contribution in [-0.4, -0.2) is 11.7 Å². The van der Waals surface area contributed by atoms with Crippen LogP contribution in [0, 0.1) is 11.6 Å². The van der Waals surface area contributed by atoms with E-state index in [1.54, 1.807) is 6.07 Å². The molecule has 112 valence electrons. The van der Waals surface area contributed by atoms with Crippen molar-refractivity contribution in [3.63, 3.8) is 0 Å². The highest BCUT2D eigenvalue weighted by Crippen LogP contribution is 2.23. The Morgan fingerprint density at radius 3 is 2.57 bits per heavy atom. The highest BCUT2D eigenvalue weighted by Gasteiger charge is 2.16. The maximum atomic E-state index is 13.6. The summed E-state index contributed by atoms with van der Waals surface area (Å²) in [5.74, 6) is -1.21. The summed E-state index contributed by atoms with van der Waals surface area (Å²) in [5, 5.41) is 13.7. The van der Waals surface area contributed by atoms with Crippen molar-refractivity contribution in [2.75, 3.05) is 6.54 Å². The molecule has 0 heterocycles. The van der Waals surface area contributed by atoms with Crippen LogP contribution in [-0.2, 0) is 0 Å². The lowest BCUT2D eigenvalue weighted by Gasteiger charge is -2.19. The molecule has 21 heavy (non-hydrogen) atoms. The Hall–Kier alpha value is -1.49. The normalized spacial score (nSPS) is 14.0. The van der Waals surface area contributed by atoms with E-state index in [0.717, 1.165) is 23.8 Å². The fraction of sp³-hybridized carbons (Fsp3) is 0.250. The van der Waals surface area contributed by atoms with Gasteiger partial charge in [0.2, 0.25) is 0 Å². The molecule has 0 aliphatic heterocycles. The first-order chi connectivity index (χ1) is 9.99. The third kappa shape index (κ3) is 4.00. The third-order valence-electron chi connectivity index (χ3n) is 3.31. The minimum absolute atomic E-state index is 0.0612. The minimum atomic E-state index is -1.13. The molecule has 0 amide bonds. The summed E-state index contributed by atoms with van der Waals surface area (Å²) in [7, 11) is 0. The Balaban J connectivity index is 2.02. The van der Waals surface area contributed by atoms with Gasteiger partial charge in [0.15, 0.2) is 0 Å². The molecule has 0 aliphatic carbocycles. The van der Waals surface area contributed by atoms with E-state index in [4.69, 9.17) is 11.6 Å². The molecular formula is C16H16ClF2NO. The fourth-order valence-electron chi connectivity index (χ4n) is 2.10. The zero-order valence-electron chi connectivity index (χ0n) is 11.5. The molecule has 0 aliphatic rings. The van der Waals surface area contributed by atoms with Crippen LogP contribution in [0.5, 0.6) is 0 Å². The van der Waals surface area contributed by atoms with Crippen molar-refractivity contribution in [1.82, 2.24) is 5.32 Å². The summed E-state index contributed by atoms with van der Waals surface area (Å²) in [4.78, 5) is 0. The van der Waals surface area contributed by atoms with Gasteiger partial charge in [-0.15, -0.1) is 0 Å². The number of hydrogen-bond acceptors (Lipinski definition) is 2. The second-order valence-electron chi connectivity index (χ2n) is 4.83. The third-order valence-corrected chi connectivity index (χ3v) is 3.65. The van der Waals surface area contributed by atoms with Crippen molar-refractivity contribution in [2.24, 2.45) is 0 Å². The molecular weight excluding hydrogens is 296 g/mol. The molecule has 2 nitrogen and oxygen atoms in total. The minimum Gasteiger partial charge on any atom is -0.387 e. The molecule has 0 bridgehead atoms. The van der Waals surface area contributed by atoms with Crippen LogP contribution in [0.2, 0.25) is 5.02 Å². The highest BCUT2D eigenvalue weighted by atomic mass is 35.5. The molecule has 2 rings (SSSR count). The van der Waals surface area contributed by atoms with Gasteiger partial charge in [0.1, 0.15) is 11.6 Å². The van der Waals surface area contributed by atoms with Crippen molar-refractivity contribution < 1.29 is 13.9 Å². The molecule has 0 aromatic heterocycles. The molecule has 5 heteroatoms. The first kappa shape index (κ1) is 15.9. The van der Waals surface area contributed by atoms with Crippen LogP contribution in [0.3, 0.4) is 0 Å². The van der Waals surface area contributed by atoms with Gasteiger partial charge in [0, 0.05) is 23.2 Å². The van der Waals surface area contributed by atoms with Gasteiger partial charge in [-0.1, -0.05) is 29.8 Å². The van der Waals surface area contributed by atoms with Crippen molar-refractivity contribution in [2.45, 2.75) is 19.1 Å². The lowest BCUT2D eigenvalue weighted by atomic mass is 10.1. The number of nitrogens with one attached hydrogen (secondary N) is 1. The Bertz CT molecular complexity index is 621. The summed E-state index contributed by atoms with van der Waals surface area (Å²) >= 11 is 6.09. The molecule has 2 aromatic rings. The van der Waals surface area contributed by atoms with Gasteiger partial charge in [0.05, 0.1) is 6.10 Å². The van der Waals surface area contributed by atoms with E-state index in [2.05, 4.69) is 5.32 Å². The Labute approximate surface area is 127 Å². The predicted molar refractivity (Wildman–Crippen MR) is 79.2 cm³/mol. The van der Waals surface area contributed by atoms with Crippen molar-refractivity contribution in [3.05, 3.63) is 70.2 Å². The van der Waals surface area contributed by atoms with Gasteiger partial charge in [-0.2, -0.15) is 0 Å². The zero-order chi connectivity index (χ0) is 15.4. The van der Waals surface area contributed by atoms with E-state index in [0.29, 0.717) is 5.02 Å². The second-order valence-corrected chi connectivity index (χ2v) is 5.24. The van der Waals surface area contributed by atoms with Gasteiger partial charge >= 0.3 is 0 Å². The molecule has 2 atom stereocenters. The fourth-order valence-corrected chi connectivity index (χ4v) is 2.40. The van der Waals surface area contributed by atoms with Crippen LogP contribution < -0.4 is 5.32 Å². The summed E-state index contributed by atoms with van der Waals surface area (Å²) in [6, 6.07) is 10.2. The maximum Gasteiger partial charge on any atom is 0.129 e. The van der Waals surface area contributed by atoms with Crippen molar-refractivity contribution in [1.29, 1.82) is 0 Å². The van der Waals surface area contributed by atoms with Crippen molar-refractivity contribution in [3.8, 4) is 0 Å². The summed E-state index contributed by atoms with van der Waals surface area (Å²) in [6.45, 7) is 1.97. The standard InChI is InChI=1S/C16H16ClF2NO/c1-10(12-4-2-3-5-14(12)17)20-9-16(21)13-8-11(18)6-7-15(13)19/h2-8,10,16,20-21H,9H2,1H3/t10-,16?/m0/s1. The van der Waals surface area contributed by atoms with E-state index < -0.39 is 17.7 Å². The number of benzene rings is 2. The van der Waals surface area contributed by atoms with Gasteiger partial charge in [-0.25, -0.2) is 8.78 Å². The van der Waals surface area contributed by atoms with Gasteiger partial charge in [-0.05, 0) is 36.8 Å². The first-order valence-corrected chi connectivity index (χ1v) is 6.97. The average Bonchev–Trinajstić information content (AvgIpc) is 2.47. The molecule has 0 saturated heterocycles. The zero-order valence-corrected chi connectivity index (χ0v) is 12.2. The number of halogens is 3. The molecule has 0 radical (unpaired) electrons. The lowest BCUT2D eigenvalue weighted by Crippen LogP contribution is -2.25. The largest absolute Gasteiger partial charge is 0.387 e. The quantitative estimate of drug-likeness (QED) is 0.874. The lowest BCUT2D eigenvalue weighted by molar-refractivity contribution is 0.166. The van der Waals surface area contributed by atoms with Gasteiger partial charge < -0.3 is 10.4 Å². The molecule has 2 aromatic carbocycles. The number of aliphatic hydroxyl groups is 1. The van der Waals surface area contributed by atoms with Crippen LogP contribution in [0.4, 0.5) is 8.78 Å². The topological polar surface area (TPSA) is 32.3 Å². The molecule has 2 N–H and O–H groups in total. The number of rotatable bonds is 5. The predicted octanol–water partition coefficient (Wildman–Crippen LogP) is 4.00.